The maximum atomic E-state index is 10.4. The molecule has 0 bridgehead atoms. The van der Waals surface area contributed by atoms with Crippen molar-refractivity contribution < 1.29 is 14.9 Å². The summed E-state index contributed by atoms with van der Waals surface area (Å²) in [5.74, 6) is 2.75. The number of benzene rings is 1. The van der Waals surface area contributed by atoms with Gasteiger partial charge in [0.1, 0.15) is 0 Å². The lowest BCUT2D eigenvalue weighted by molar-refractivity contribution is -0.0226. The number of hydrogen-bond donors (Lipinski definition) is 2. The Morgan fingerprint density at radius 2 is 2.00 bits per heavy atom. The number of phenolic OH excluding ortho intramolecular Hbond substituents is 1. The molecule has 3 heteroatoms. The fourth-order valence-corrected chi connectivity index (χ4v) is 5.72. The molecule has 0 aromatic heterocycles. The molecule has 0 saturated heterocycles. The molecule has 0 heterocycles. The van der Waals surface area contributed by atoms with Crippen LogP contribution in [0.25, 0.3) is 0 Å². The third kappa shape index (κ3) is 1.84. The van der Waals surface area contributed by atoms with Crippen LogP contribution in [-0.2, 0) is 6.42 Å². The van der Waals surface area contributed by atoms with Crippen LogP contribution in [0.15, 0.2) is 12.1 Å². The van der Waals surface area contributed by atoms with Crippen molar-refractivity contribution in [3.63, 3.8) is 0 Å². The zero-order valence-corrected chi connectivity index (χ0v) is 13.5. The fourth-order valence-electron chi connectivity index (χ4n) is 5.72. The molecule has 22 heavy (non-hydrogen) atoms. The van der Waals surface area contributed by atoms with Gasteiger partial charge >= 0.3 is 0 Å². The molecular weight excluding hydrogens is 276 g/mol. The highest BCUT2D eigenvalue weighted by molar-refractivity contribution is 5.49. The van der Waals surface area contributed by atoms with Crippen LogP contribution in [-0.4, -0.2) is 23.4 Å². The number of fused-ring (bicyclic) bond motifs is 5. The third-order valence-corrected chi connectivity index (χ3v) is 6.97. The fraction of sp³-hybridized carbons (Fsp3) is 0.684. The van der Waals surface area contributed by atoms with Crippen molar-refractivity contribution in [3.8, 4) is 11.5 Å². The Labute approximate surface area is 132 Å². The minimum atomic E-state index is -0.116. The van der Waals surface area contributed by atoms with E-state index in [0.29, 0.717) is 23.5 Å². The lowest BCUT2D eigenvalue weighted by Crippen LogP contribution is -2.43. The van der Waals surface area contributed by atoms with Gasteiger partial charge in [-0.05, 0) is 85.0 Å². The minimum absolute atomic E-state index is 0.116. The van der Waals surface area contributed by atoms with Crippen LogP contribution >= 0.6 is 0 Å². The van der Waals surface area contributed by atoms with Crippen LogP contribution in [0.3, 0.4) is 0 Å². The summed E-state index contributed by atoms with van der Waals surface area (Å²) in [6.45, 7) is 2.30. The first-order valence-corrected chi connectivity index (χ1v) is 8.62. The minimum Gasteiger partial charge on any atom is -0.504 e. The van der Waals surface area contributed by atoms with Crippen LogP contribution in [0.5, 0.6) is 11.5 Å². The number of ether oxygens (including phenoxy) is 1. The molecular formula is C19H26O3. The summed E-state index contributed by atoms with van der Waals surface area (Å²) < 4.78 is 5.32. The van der Waals surface area contributed by atoms with Crippen molar-refractivity contribution in [1.82, 2.24) is 0 Å². The molecule has 1 aromatic carbocycles. The van der Waals surface area contributed by atoms with Crippen LogP contribution < -0.4 is 4.74 Å². The lowest BCUT2D eigenvalue weighted by Gasteiger charge is -2.50. The molecule has 3 nitrogen and oxygen atoms in total. The summed E-state index contributed by atoms with van der Waals surface area (Å²) in [7, 11) is 1.62. The van der Waals surface area contributed by atoms with E-state index in [4.69, 9.17) is 4.74 Å². The predicted molar refractivity (Wildman–Crippen MR) is 85.3 cm³/mol. The average Bonchev–Trinajstić information content (AvgIpc) is 2.82. The highest BCUT2D eigenvalue weighted by atomic mass is 16.5. The van der Waals surface area contributed by atoms with Crippen molar-refractivity contribution in [2.75, 3.05) is 7.11 Å². The normalized spacial score (nSPS) is 39.8. The predicted octanol–water partition coefficient (Wildman–Crippen LogP) is 3.62. The molecule has 0 radical (unpaired) electrons. The zero-order chi connectivity index (χ0) is 15.5. The number of aromatic hydroxyl groups is 1. The number of hydrogen-bond acceptors (Lipinski definition) is 3. The van der Waals surface area contributed by atoms with Crippen LogP contribution in [0, 0.1) is 17.3 Å². The van der Waals surface area contributed by atoms with E-state index in [2.05, 4.69) is 13.0 Å². The Bertz CT molecular complexity index is 597. The molecule has 0 amide bonds. The molecule has 2 N–H and O–H groups in total. The first-order chi connectivity index (χ1) is 10.5. The topological polar surface area (TPSA) is 49.7 Å². The van der Waals surface area contributed by atoms with Crippen molar-refractivity contribution in [2.45, 2.75) is 57.5 Å². The number of aliphatic hydroxyl groups excluding tert-OH is 1. The Morgan fingerprint density at radius 1 is 1.18 bits per heavy atom. The van der Waals surface area contributed by atoms with Gasteiger partial charge < -0.3 is 14.9 Å². The summed E-state index contributed by atoms with van der Waals surface area (Å²) in [5, 5.41) is 20.5. The third-order valence-electron chi connectivity index (χ3n) is 6.97. The number of rotatable bonds is 1. The molecule has 4 unspecified atom stereocenters. The van der Waals surface area contributed by atoms with E-state index in [9.17, 15) is 10.2 Å². The van der Waals surface area contributed by atoms with Gasteiger partial charge in [-0.15, -0.1) is 0 Å². The molecule has 120 valence electrons. The van der Waals surface area contributed by atoms with E-state index in [1.165, 1.54) is 24.0 Å². The van der Waals surface area contributed by atoms with Gasteiger partial charge in [0.05, 0.1) is 13.2 Å². The molecule has 2 saturated carbocycles. The van der Waals surface area contributed by atoms with Crippen molar-refractivity contribution in [1.29, 1.82) is 0 Å². The lowest BCUT2D eigenvalue weighted by atomic mass is 9.55. The summed E-state index contributed by atoms with van der Waals surface area (Å²) in [6, 6.07) is 3.97. The maximum absolute atomic E-state index is 10.4. The van der Waals surface area contributed by atoms with E-state index < -0.39 is 0 Å². The molecule has 4 rings (SSSR count). The average molecular weight is 302 g/mol. The first kappa shape index (κ1) is 14.4. The number of aliphatic hydroxyl groups is 1. The smallest absolute Gasteiger partial charge is 0.160 e. The second-order valence-corrected chi connectivity index (χ2v) is 7.78. The van der Waals surface area contributed by atoms with E-state index in [1.807, 2.05) is 6.07 Å². The largest absolute Gasteiger partial charge is 0.504 e. The molecule has 0 aliphatic heterocycles. The standard InChI is InChI=1S/C19H26O3/c1-19-8-7-12-13(15(19)5-6-18(19)21)4-3-11-9-16(20)17(22-2)10-14(11)12/h9-10,12-13,15,18,20-21H,3-8H2,1-2H3/t12?,13?,15?,18?,19-/m0/s1. The second-order valence-electron chi connectivity index (χ2n) is 7.78. The number of methoxy groups -OCH3 is 1. The zero-order valence-electron chi connectivity index (χ0n) is 13.5. The second kappa shape index (κ2) is 4.89. The number of aryl methyl sites for hydroxylation is 1. The summed E-state index contributed by atoms with van der Waals surface area (Å²) in [4.78, 5) is 0. The van der Waals surface area contributed by atoms with E-state index in [0.717, 1.165) is 25.7 Å². The first-order valence-electron chi connectivity index (χ1n) is 8.62. The number of phenols is 1. The van der Waals surface area contributed by atoms with Gasteiger partial charge in [-0.1, -0.05) is 6.92 Å². The van der Waals surface area contributed by atoms with E-state index in [1.54, 1.807) is 7.11 Å². The van der Waals surface area contributed by atoms with Crippen LogP contribution in [0.2, 0.25) is 0 Å². The molecule has 2 fully saturated rings. The molecule has 3 aliphatic rings. The monoisotopic (exact) mass is 302 g/mol. The van der Waals surface area contributed by atoms with E-state index >= 15 is 0 Å². The van der Waals surface area contributed by atoms with Crippen molar-refractivity contribution in [3.05, 3.63) is 23.3 Å². The molecule has 3 aliphatic carbocycles. The van der Waals surface area contributed by atoms with Crippen molar-refractivity contribution >= 4 is 0 Å². The Morgan fingerprint density at radius 3 is 2.77 bits per heavy atom. The van der Waals surface area contributed by atoms with Gasteiger partial charge in [0, 0.05) is 0 Å². The highest BCUT2D eigenvalue weighted by Crippen LogP contribution is 2.61. The Balaban J connectivity index is 1.72. The highest BCUT2D eigenvalue weighted by Gasteiger charge is 2.54. The quantitative estimate of drug-likeness (QED) is 0.833. The summed E-state index contributed by atoms with van der Waals surface area (Å²) in [6.07, 6.45) is 6.51. The molecule has 5 atom stereocenters. The van der Waals surface area contributed by atoms with Crippen molar-refractivity contribution in [2.24, 2.45) is 17.3 Å². The van der Waals surface area contributed by atoms with Gasteiger partial charge in [0.2, 0.25) is 0 Å². The summed E-state index contributed by atoms with van der Waals surface area (Å²) >= 11 is 0. The van der Waals surface area contributed by atoms with Gasteiger partial charge in [-0.2, -0.15) is 0 Å². The van der Waals surface area contributed by atoms with E-state index in [-0.39, 0.29) is 17.3 Å². The Hall–Kier alpha value is -1.22. The summed E-state index contributed by atoms with van der Waals surface area (Å²) in [5.41, 5.74) is 2.80. The van der Waals surface area contributed by atoms with Gasteiger partial charge in [-0.3, -0.25) is 0 Å². The maximum Gasteiger partial charge on any atom is 0.160 e. The van der Waals surface area contributed by atoms with Gasteiger partial charge in [0.15, 0.2) is 11.5 Å². The Kier molecular flexibility index (Phi) is 3.19. The van der Waals surface area contributed by atoms with Gasteiger partial charge in [0.25, 0.3) is 0 Å². The molecule has 0 spiro atoms. The van der Waals surface area contributed by atoms with Crippen LogP contribution in [0.4, 0.5) is 0 Å². The molecule has 1 aromatic rings. The SMILES string of the molecule is COc1cc2c(cc1O)CCC1C2CC[C@]2(C)C(O)CCC12. The van der Waals surface area contributed by atoms with Gasteiger partial charge in [-0.25, -0.2) is 0 Å². The van der Waals surface area contributed by atoms with Crippen LogP contribution in [0.1, 0.15) is 56.1 Å².